The van der Waals surface area contributed by atoms with Gasteiger partial charge in [-0.1, -0.05) is 12.1 Å². The van der Waals surface area contributed by atoms with Gasteiger partial charge in [-0.05, 0) is 25.0 Å². The predicted molar refractivity (Wildman–Crippen MR) is 67.9 cm³/mol. The molecule has 0 saturated carbocycles. The number of halogens is 3. The first kappa shape index (κ1) is 14.1. The second-order valence-corrected chi connectivity index (χ2v) is 4.98. The van der Waals surface area contributed by atoms with E-state index in [0.29, 0.717) is 13.1 Å². The van der Waals surface area contributed by atoms with Gasteiger partial charge in [-0.2, -0.15) is 8.78 Å². The van der Waals surface area contributed by atoms with Gasteiger partial charge in [0.25, 0.3) is 5.91 Å². The summed E-state index contributed by atoms with van der Waals surface area (Å²) < 4.78 is 29.0. The minimum atomic E-state index is -2.95. The van der Waals surface area contributed by atoms with Crippen molar-refractivity contribution in [3.05, 3.63) is 29.8 Å². The molecule has 0 bridgehead atoms. The van der Waals surface area contributed by atoms with E-state index < -0.39 is 6.61 Å². The van der Waals surface area contributed by atoms with Crippen molar-refractivity contribution in [1.82, 2.24) is 4.90 Å². The zero-order valence-corrected chi connectivity index (χ0v) is 10.9. The number of para-hydroxylation sites is 1. The van der Waals surface area contributed by atoms with Crippen LogP contribution in [-0.2, 0) is 0 Å². The highest BCUT2D eigenvalue weighted by molar-refractivity contribution is 6.21. The zero-order chi connectivity index (χ0) is 13.8. The van der Waals surface area contributed by atoms with Crippen LogP contribution in [-0.4, -0.2) is 35.9 Å². The molecule has 1 aliphatic heterocycles. The lowest BCUT2D eigenvalue weighted by molar-refractivity contribution is -0.0503. The number of piperidine rings is 1. The monoisotopic (exact) mass is 289 g/mol. The molecule has 1 unspecified atom stereocenters. The molecule has 2 rings (SSSR count). The maximum absolute atomic E-state index is 12.3. The molecule has 3 nitrogen and oxygen atoms in total. The van der Waals surface area contributed by atoms with E-state index in [9.17, 15) is 13.6 Å². The maximum atomic E-state index is 12.3. The molecule has 0 N–H and O–H groups in total. The molecule has 0 spiro atoms. The summed E-state index contributed by atoms with van der Waals surface area (Å²) in [4.78, 5) is 13.9. The molecular formula is C13H14ClF2NO2. The van der Waals surface area contributed by atoms with Crippen LogP contribution in [0.25, 0.3) is 0 Å². The summed E-state index contributed by atoms with van der Waals surface area (Å²) >= 11 is 6.02. The van der Waals surface area contributed by atoms with E-state index in [1.54, 1.807) is 17.0 Å². The molecule has 1 saturated heterocycles. The number of hydrogen-bond donors (Lipinski definition) is 0. The predicted octanol–water partition coefficient (Wildman–Crippen LogP) is 3.13. The minimum Gasteiger partial charge on any atom is -0.434 e. The van der Waals surface area contributed by atoms with Crippen LogP contribution in [0.1, 0.15) is 23.2 Å². The Morgan fingerprint density at radius 1 is 1.42 bits per heavy atom. The first-order valence-corrected chi connectivity index (χ1v) is 6.48. The van der Waals surface area contributed by atoms with Crippen molar-refractivity contribution >= 4 is 17.5 Å². The smallest absolute Gasteiger partial charge is 0.387 e. The van der Waals surface area contributed by atoms with Crippen molar-refractivity contribution < 1.29 is 18.3 Å². The van der Waals surface area contributed by atoms with Crippen LogP contribution in [0, 0.1) is 0 Å². The number of alkyl halides is 3. The number of rotatable bonds is 3. The zero-order valence-electron chi connectivity index (χ0n) is 10.2. The average Bonchev–Trinajstić information content (AvgIpc) is 2.38. The standard InChI is InChI=1S/C13H14ClF2NO2/c14-9-4-3-7-17(8-9)12(18)10-5-1-2-6-11(10)19-13(15)16/h1-2,5-6,9,13H,3-4,7-8H2. The lowest BCUT2D eigenvalue weighted by atomic mass is 10.1. The Kier molecular flexibility index (Phi) is 4.58. The normalized spacial score (nSPS) is 19.6. The fourth-order valence-corrected chi connectivity index (χ4v) is 2.44. The Labute approximate surface area is 115 Å². The van der Waals surface area contributed by atoms with Gasteiger partial charge in [0.05, 0.1) is 10.9 Å². The Hall–Kier alpha value is -1.36. The van der Waals surface area contributed by atoms with Gasteiger partial charge in [-0.25, -0.2) is 0 Å². The SMILES string of the molecule is O=C(c1ccccc1OC(F)F)N1CCCC(Cl)C1. The highest BCUT2D eigenvalue weighted by atomic mass is 35.5. The quantitative estimate of drug-likeness (QED) is 0.800. The number of carbonyl (C=O) groups is 1. The highest BCUT2D eigenvalue weighted by Gasteiger charge is 2.25. The van der Waals surface area contributed by atoms with Crippen LogP contribution in [0.2, 0.25) is 0 Å². The molecule has 1 heterocycles. The first-order chi connectivity index (χ1) is 9.08. The molecule has 0 aromatic heterocycles. The van der Waals surface area contributed by atoms with E-state index in [0.717, 1.165) is 12.8 Å². The fraction of sp³-hybridized carbons (Fsp3) is 0.462. The van der Waals surface area contributed by atoms with Crippen LogP contribution in [0.3, 0.4) is 0 Å². The Balaban J connectivity index is 2.18. The number of carbonyl (C=O) groups excluding carboxylic acids is 1. The van der Waals surface area contributed by atoms with Crippen molar-refractivity contribution in [2.45, 2.75) is 24.8 Å². The van der Waals surface area contributed by atoms with Gasteiger partial charge in [0.2, 0.25) is 0 Å². The van der Waals surface area contributed by atoms with Crippen molar-refractivity contribution in [1.29, 1.82) is 0 Å². The van der Waals surface area contributed by atoms with E-state index in [-0.39, 0.29) is 22.6 Å². The summed E-state index contributed by atoms with van der Waals surface area (Å²) in [6, 6.07) is 6.02. The van der Waals surface area contributed by atoms with Crippen LogP contribution in [0.4, 0.5) is 8.78 Å². The van der Waals surface area contributed by atoms with Crippen LogP contribution in [0.15, 0.2) is 24.3 Å². The molecule has 6 heteroatoms. The topological polar surface area (TPSA) is 29.5 Å². The maximum Gasteiger partial charge on any atom is 0.387 e. The number of amides is 1. The summed E-state index contributed by atoms with van der Waals surface area (Å²) in [5.41, 5.74) is 0.147. The highest BCUT2D eigenvalue weighted by Crippen LogP contribution is 2.24. The van der Waals surface area contributed by atoms with Gasteiger partial charge in [0.15, 0.2) is 0 Å². The molecule has 1 aliphatic rings. The van der Waals surface area contributed by atoms with E-state index in [1.807, 2.05) is 0 Å². The summed E-state index contributed by atoms with van der Waals surface area (Å²) in [6.07, 6.45) is 1.68. The van der Waals surface area contributed by atoms with Crippen LogP contribution in [0.5, 0.6) is 5.75 Å². The molecule has 1 fully saturated rings. The molecule has 1 amide bonds. The molecular weight excluding hydrogens is 276 g/mol. The fourth-order valence-electron chi connectivity index (χ4n) is 2.12. The van der Waals surface area contributed by atoms with Gasteiger partial charge in [0.1, 0.15) is 5.75 Å². The second-order valence-electron chi connectivity index (χ2n) is 4.37. The van der Waals surface area contributed by atoms with Gasteiger partial charge in [-0.15, -0.1) is 11.6 Å². The lowest BCUT2D eigenvalue weighted by Gasteiger charge is -2.30. The van der Waals surface area contributed by atoms with Crippen molar-refractivity contribution in [3.63, 3.8) is 0 Å². The molecule has 1 aromatic rings. The van der Waals surface area contributed by atoms with Gasteiger partial charge < -0.3 is 9.64 Å². The van der Waals surface area contributed by atoms with Crippen molar-refractivity contribution in [3.8, 4) is 5.75 Å². The first-order valence-electron chi connectivity index (χ1n) is 6.05. The molecule has 1 atom stereocenters. The van der Waals surface area contributed by atoms with Gasteiger partial charge >= 0.3 is 6.61 Å². The largest absolute Gasteiger partial charge is 0.434 e. The number of nitrogens with zero attached hydrogens (tertiary/aromatic N) is 1. The molecule has 0 radical (unpaired) electrons. The Morgan fingerprint density at radius 2 is 2.16 bits per heavy atom. The molecule has 104 valence electrons. The Bertz CT molecular complexity index is 456. The van der Waals surface area contributed by atoms with Crippen molar-refractivity contribution in [2.75, 3.05) is 13.1 Å². The van der Waals surface area contributed by atoms with Crippen LogP contribution < -0.4 is 4.74 Å². The molecule has 19 heavy (non-hydrogen) atoms. The number of likely N-dealkylation sites (tertiary alicyclic amines) is 1. The third-order valence-corrected chi connectivity index (χ3v) is 3.34. The third kappa shape index (κ3) is 3.56. The average molecular weight is 290 g/mol. The van der Waals surface area contributed by atoms with Crippen molar-refractivity contribution in [2.24, 2.45) is 0 Å². The number of benzene rings is 1. The van der Waals surface area contributed by atoms with E-state index in [2.05, 4.69) is 4.74 Å². The lowest BCUT2D eigenvalue weighted by Crippen LogP contribution is -2.40. The number of ether oxygens (including phenoxy) is 1. The van der Waals surface area contributed by atoms with Gasteiger partial charge in [0, 0.05) is 13.1 Å². The third-order valence-electron chi connectivity index (χ3n) is 2.98. The van der Waals surface area contributed by atoms with E-state index in [4.69, 9.17) is 11.6 Å². The summed E-state index contributed by atoms with van der Waals surface area (Å²) in [6.45, 7) is -1.93. The molecule has 1 aromatic carbocycles. The summed E-state index contributed by atoms with van der Waals surface area (Å²) in [5, 5.41) is -0.0825. The van der Waals surface area contributed by atoms with E-state index >= 15 is 0 Å². The minimum absolute atomic E-state index is 0.0825. The van der Waals surface area contributed by atoms with E-state index in [1.165, 1.54) is 12.1 Å². The van der Waals surface area contributed by atoms with Gasteiger partial charge in [-0.3, -0.25) is 4.79 Å². The number of hydrogen-bond acceptors (Lipinski definition) is 2. The Morgan fingerprint density at radius 3 is 2.84 bits per heavy atom. The molecule has 0 aliphatic carbocycles. The summed E-state index contributed by atoms with van der Waals surface area (Å²) in [5.74, 6) is -0.416. The second kappa shape index (κ2) is 6.19. The summed E-state index contributed by atoms with van der Waals surface area (Å²) in [7, 11) is 0. The van der Waals surface area contributed by atoms with Crippen LogP contribution >= 0.6 is 11.6 Å².